The molecule has 86 valence electrons. The van der Waals surface area contributed by atoms with Crippen molar-refractivity contribution < 1.29 is 9.90 Å². The lowest BCUT2D eigenvalue weighted by Crippen LogP contribution is -2.32. The van der Waals surface area contributed by atoms with Crippen LogP contribution >= 0.6 is 0 Å². The largest absolute Gasteiger partial charge is 0.477 e. The summed E-state index contributed by atoms with van der Waals surface area (Å²) in [6.45, 7) is 0. The molecule has 1 fully saturated rings. The molecule has 1 N–H and O–H groups in total. The van der Waals surface area contributed by atoms with E-state index in [-0.39, 0.29) is 11.6 Å². The molecule has 0 saturated heterocycles. The van der Waals surface area contributed by atoms with Gasteiger partial charge in [-0.15, -0.1) is 0 Å². The van der Waals surface area contributed by atoms with Crippen LogP contribution in [0, 0.1) is 0 Å². The van der Waals surface area contributed by atoms with Crippen LogP contribution in [0.1, 0.15) is 48.5 Å². The fourth-order valence-electron chi connectivity index (χ4n) is 2.18. The Kier molecular flexibility index (Phi) is 3.03. The molecule has 0 amide bonds. The number of aromatic carboxylic acids is 1. The monoisotopic (exact) mass is 222 g/mol. The average Bonchev–Trinajstić information content (AvgIpc) is 2.30. The minimum atomic E-state index is -1.18. The lowest BCUT2D eigenvalue weighted by molar-refractivity contribution is 0.0693. The van der Waals surface area contributed by atoms with E-state index in [1.54, 1.807) is 0 Å². The summed E-state index contributed by atoms with van der Waals surface area (Å²) in [5.74, 6) is -1.18. The number of carboxylic acids is 1. The number of hydrogen-bond acceptors (Lipinski definition) is 3. The first-order valence-electron chi connectivity index (χ1n) is 5.51. The number of carboxylic acid groups (broad SMARTS) is 1. The third-order valence-corrected chi connectivity index (χ3v) is 3.02. The summed E-state index contributed by atoms with van der Waals surface area (Å²) in [6.07, 6.45) is 6.56. The lowest BCUT2D eigenvalue weighted by Gasteiger charge is -2.22. The van der Waals surface area contributed by atoms with Gasteiger partial charge in [-0.1, -0.05) is 19.3 Å². The molecular weight excluding hydrogens is 208 g/mol. The van der Waals surface area contributed by atoms with Crippen LogP contribution in [-0.2, 0) is 0 Å². The van der Waals surface area contributed by atoms with Crippen LogP contribution in [-0.4, -0.2) is 20.9 Å². The minimum absolute atomic E-state index is 0.0700. The Hall–Kier alpha value is -1.65. The van der Waals surface area contributed by atoms with Gasteiger partial charge in [-0.2, -0.15) is 5.10 Å². The van der Waals surface area contributed by atoms with Crippen molar-refractivity contribution in [1.82, 2.24) is 9.78 Å². The second-order valence-corrected chi connectivity index (χ2v) is 4.09. The number of carbonyl (C=O) groups is 1. The van der Waals surface area contributed by atoms with Gasteiger partial charge < -0.3 is 5.11 Å². The molecule has 5 nitrogen and oxygen atoms in total. The highest BCUT2D eigenvalue weighted by atomic mass is 16.4. The second-order valence-electron chi connectivity index (χ2n) is 4.09. The van der Waals surface area contributed by atoms with E-state index < -0.39 is 11.5 Å². The predicted molar refractivity (Wildman–Crippen MR) is 57.6 cm³/mol. The van der Waals surface area contributed by atoms with Crippen LogP contribution < -0.4 is 5.56 Å². The summed E-state index contributed by atoms with van der Waals surface area (Å²) in [6, 6.07) is 1.32. The van der Waals surface area contributed by atoms with Gasteiger partial charge in [0.05, 0.1) is 6.04 Å². The van der Waals surface area contributed by atoms with Crippen molar-refractivity contribution >= 4 is 5.97 Å². The zero-order valence-corrected chi connectivity index (χ0v) is 8.93. The minimum Gasteiger partial charge on any atom is -0.477 e. The average molecular weight is 222 g/mol. The molecule has 0 radical (unpaired) electrons. The van der Waals surface area contributed by atoms with Gasteiger partial charge in [-0.3, -0.25) is 4.79 Å². The summed E-state index contributed by atoms with van der Waals surface area (Å²) in [5.41, 5.74) is -0.678. The van der Waals surface area contributed by atoms with Gasteiger partial charge in [-0.05, 0) is 18.9 Å². The maximum atomic E-state index is 11.8. The Bertz CT molecular complexity index is 447. The van der Waals surface area contributed by atoms with Crippen molar-refractivity contribution in [3.05, 3.63) is 28.2 Å². The van der Waals surface area contributed by atoms with Crippen molar-refractivity contribution in [3.63, 3.8) is 0 Å². The van der Waals surface area contributed by atoms with Gasteiger partial charge in [0.15, 0.2) is 0 Å². The van der Waals surface area contributed by atoms with Gasteiger partial charge in [0.2, 0.25) is 0 Å². The molecular formula is C11H14N2O3. The molecule has 5 heteroatoms. The third-order valence-electron chi connectivity index (χ3n) is 3.02. The molecule has 16 heavy (non-hydrogen) atoms. The van der Waals surface area contributed by atoms with Crippen molar-refractivity contribution in [1.29, 1.82) is 0 Å². The standard InChI is InChI=1S/C11H14N2O3/c14-10-9(11(15)16)6-7-12-13(10)8-4-2-1-3-5-8/h6-8H,1-5H2,(H,15,16). The Balaban J connectivity index is 2.37. The van der Waals surface area contributed by atoms with Gasteiger partial charge in [0.25, 0.3) is 5.56 Å². The van der Waals surface area contributed by atoms with Gasteiger partial charge in [-0.25, -0.2) is 9.48 Å². The fourth-order valence-corrected chi connectivity index (χ4v) is 2.18. The van der Waals surface area contributed by atoms with Crippen LogP contribution in [0.3, 0.4) is 0 Å². The lowest BCUT2D eigenvalue weighted by atomic mass is 9.95. The van der Waals surface area contributed by atoms with Gasteiger partial charge >= 0.3 is 5.97 Å². The summed E-state index contributed by atoms with van der Waals surface area (Å²) >= 11 is 0. The van der Waals surface area contributed by atoms with Crippen molar-refractivity contribution in [3.8, 4) is 0 Å². The van der Waals surface area contributed by atoms with E-state index >= 15 is 0 Å². The Labute approximate surface area is 92.7 Å². The van der Waals surface area contributed by atoms with Crippen LogP contribution in [0.2, 0.25) is 0 Å². The fraction of sp³-hybridized carbons (Fsp3) is 0.545. The first kappa shape index (κ1) is 10.9. The van der Waals surface area contributed by atoms with Crippen LogP contribution in [0.5, 0.6) is 0 Å². The molecule has 2 rings (SSSR count). The smallest absolute Gasteiger partial charge is 0.341 e. The number of nitrogens with zero attached hydrogens (tertiary/aromatic N) is 2. The topological polar surface area (TPSA) is 72.2 Å². The van der Waals surface area contributed by atoms with Gasteiger partial charge in [0, 0.05) is 6.20 Å². The summed E-state index contributed by atoms with van der Waals surface area (Å²) in [7, 11) is 0. The SMILES string of the molecule is O=C(O)c1ccnn(C2CCCCC2)c1=O. The highest BCUT2D eigenvalue weighted by molar-refractivity contribution is 5.86. The molecule has 1 aromatic rings. The Morgan fingerprint density at radius 3 is 2.69 bits per heavy atom. The normalized spacial score (nSPS) is 17.2. The highest BCUT2D eigenvalue weighted by Crippen LogP contribution is 2.25. The van der Waals surface area contributed by atoms with E-state index in [0.717, 1.165) is 25.7 Å². The van der Waals surface area contributed by atoms with Crippen LogP contribution in [0.4, 0.5) is 0 Å². The van der Waals surface area contributed by atoms with Gasteiger partial charge in [0.1, 0.15) is 5.56 Å². The Morgan fingerprint density at radius 2 is 2.06 bits per heavy atom. The third kappa shape index (κ3) is 1.98. The van der Waals surface area contributed by atoms with Crippen LogP contribution in [0.25, 0.3) is 0 Å². The predicted octanol–water partition coefficient (Wildman–Crippen LogP) is 1.45. The van der Waals surface area contributed by atoms with E-state index in [1.807, 2.05) is 0 Å². The second kappa shape index (κ2) is 4.47. The molecule has 0 aromatic carbocycles. The molecule has 0 spiro atoms. The van der Waals surface area contributed by atoms with E-state index in [4.69, 9.17) is 5.11 Å². The molecule has 0 atom stereocenters. The van der Waals surface area contributed by atoms with E-state index in [2.05, 4.69) is 5.10 Å². The van der Waals surface area contributed by atoms with E-state index in [9.17, 15) is 9.59 Å². The first-order valence-corrected chi connectivity index (χ1v) is 5.51. The Morgan fingerprint density at radius 1 is 1.38 bits per heavy atom. The maximum absolute atomic E-state index is 11.8. The maximum Gasteiger partial charge on any atom is 0.341 e. The molecule has 1 aromatic heterocycles. The zero-order valence-electron chi connectivity index (χ0n) is 8.93. The quantitative estimate of drug-likeness (QED) is 0.821. The van der Waals surface area contributed by atoms with Crippen molar-refractivity contribution in [2.75, 3.05) is 0 Å². The van der Waals surface area contributed by atoms with E-state index in [1.165, 1.54) is 23.4 Å². The molecule has 1 aliphatic rings. The molecule has 0 aliphatic heterocycles. The molecule has 0 bridgehead atoms. The summed E-state index contributed by atoms with van der Waals surface area (Å²) in [4.78, 5) is 22.6. The van der Waals surface area contributed by atoms with Crippen molar-refractivity contribution in [2.45, 2.75) is 38.1 Å². The van der Waals surface area contributed by atoms with Crippen molar-refractivity contribution in [2.24, 2.45) is 0 Å². The molecule has 1 heterocycles. The summed E-state index contributed by atoms with van der Waals surface area (Å²) < 4.78 is 1.34. The number of rotatable bonds is 2. The van der Waals surface area contributed by atoms with E-state index in [0.29, 0.717) is 0 Å². The number of hydrogen-bond donors (Lipinski definition) is 1. The number of aromatic nitrogens is 2. The molecule has 0 unspecified atom stereocenters. The summed E-state index contributed by atoms with van der Waals surface area (Å²) in [5, 5.41) is 12.8. The van der Waals surface area contributed by atoms with Crippen LogP contribution in [0.15, 0.2) is 17.1 Å². The first-order chi connectivity index (χ1) is 7.70. The zero-order chi connectivity index (χ0) is 11.5. The molecule has 1 saturated carbocycles. The molecule has 1 aliphatic carbocycles. The highest BCUT2D eigenvalue weighted by Gasteiger charge is 2.20.